The Morgan fingerprint density at radius 2 is 2.23 bits per heavy atom. The summed E-state index contributed by atoms with van der Waals surface area (Å²) >= 11 is 0. The monoisotopic (exact) mass is 309 g/mol. The number of aliphatic carboxylic acids is 1. The maximum atomic E-state index is 13.6. The zero-order chi connectivity index (χ0) is 16.3. The quantitative estimate of drug-likeness (QED) is 0.877. The first kappa shape index (κ1) is 16.9. The lowest BCUT2D eigenvalue weighted by Gasteiger charge is -2.43. The fourth-order valence-corrected chi connectivity index (χ4v) is 3.37. The van der Waals surface area contributed by atoms with Gasteiger partial charge in [0.05, 0.1) is 6.10 Å². The number of aliphatic hydroxyl groups excluding tert-OH is 1. The fourth-order valence-electron chi connectivity index (χ4n) is 3.37. The summed E-state index contributed by atoms with van der Waals surface area (Å²) in [5, 5.41) is 19.9. The summed E-state index contributed by atoms with van der Waals surface area (Å²) in [5.41, 5.74) is 0.353. The molecule has 0 bridgehead atoms. The number of aliphatic hydroxyl groups is 1. The summed E-state index contributed by atoms with van der Waals surface area (Å²) in [6, 6.07) is 4.97. The van der Waals surface area contributed by atoms with Crippen LogP contribution in [-0.4, -0.2) is 40.3 Å². The Kier molecular flexibility index (Phi) is 5.19. The lowest BCUT2D eigenvalue weighted by molar-refractivity contribution is -0.164. The van der Waals surface area contributed by atoms with Crippen LogP contribution in [0.15, 0.2) is 18.2 Å². The SMILES string of the molecule is CCC[C@@]1(C(=O)O)CN(Cc2cccc(F)c2C)CC[C@@H]1O. The number of nitrogens with zero attached hydrogens (tertiary/aromatic N) is 1. The summed E-state index contributed by atoms with van der Waals surface area (Å²) in [7, 11) is 0. The first-order valence-corrected chi connectivity index (χ1v) is 7.78. The Morgan fingerprint density at radius 3 is 2.86 bits per heavy atom. The van der Waals surface area contributed by atoms with Crippen molar-refractivity contribution in [2.75, 3.05) is 13.1 Å². The molecule has 1 aromatic carbocycles. The Balaban J connectivity index is 2.19. The molecule has 0 aliphatic carbocycles. The third kappa shape index (κ3) is 3.15. The van der Waals surface area contributed by atoms with E-state index < -0.39 is 17.5 Å². The molecule has 5 heteroatoms. The second kappa shape index (κ2) is 6.75. The molecule has 2 N–H and O–H groups in total. The molecule has 1 fully saturated rings. The van der Waals surface area contributed by atoms with Gasteiger partial charge in [-0.2, -0.15) is 0 Å². The fraction of sp³-hybridized carbons (Fsp3) is 0.588. The number of halogens is 1. The normalized spacial score (nSPS) is 26.1. The summed E-state index contributed by atoms with van der Waals surface area (Å²) in [4.78, 5) is 13.8. The number of rotatable bonds is 5. The molecule has 2 atom stereocenters. The Bertz CT molecular complexity index is 549. The minimum absolute atomic E-state index is 0.243. The first-order chi connectivity index (χ1) is 10.4. The van der Waals surface area contributed by atoms with Gasteiger partial charge < -0.3 is 10.2 Å². The molecule has 1 aromatic rings. The highest BCUT2D eigenvalue weighted by Gasteiger charge is 2.48. The van der Waals surface area contributed by atoms with E-state index in [2.05, 4.69) is 0 Å². The highest BCUT2D eigenvalue weighted by molar-refractivity contribution is 5.76. The van der Waals surface area contributed by atoms with Crippen LogP contribution in [0.1, 0.15) is 37.3 Å². The van der Waals surface area contributed by atoms with E-state index in [0.717, 1.165) is 5.56 Å². The minimum Gasteiger partial charge on any atom is -0.481 e. The lowest BCUT2D eigenvalue weighted by atomic mass is 9.74. The van der Waals surface area contributed by atoms with Crippen molar-refractivity contribution in [3.63, 3.8) is 0 Å². The van der Waals surface area contributed by atoms with Crippen molar-refractivity contribution < 1.29 is 19.4 Å². The molecule has 0 amide bonds. The van der Waals surface area contributed by atoms with Gasteiger partial charge in [-0.3, -0.25) is 9.69 Å². The Hall–Kier alpha value is -1.46. The molecule has 22 heavy (non-hydrogen) atoms. The van der Waals surface area contributed by atoms with Gasteiger partial charge in [0.1, 0.15) is 11.2 Å². The van der Waals surface area contributed by atoms with Crippen molar-refractivity contribution in [2.45, 2.75) is 45.8 Å². The van der Waals surface area contributed by atoms with E-state index in [1.807, 2.05) is 17.9 Å². The van der Waals surface area contributed by atoms with Gasteiger partial charge in [0, 0.05) is 19.6 Å². The van der Waals surface area contributed by atoms with Crippen molar-refractivity contribution in [1.82, 2.24) is 4.90 Å². The van der Waals surface area contributed by atoms with Gasteiger partial charge in [0.2, 0.25) is 0 Å². The molecule has 0 saturated carbocycles. The van der Waals surface area contributed by atoms with Gasteiger partial charge in [-0.1, -0.05) is 25.5 Å². The molecule has 1 saturated heterocycles. The van der Waals surface area contributed by atoms with Crippen molar-refractivity contribution in [2.24, 2.45) is 5.41 Å². The van der Waals surface area contributed by atoms with E-state index in [1.165, 1.54) is 6.07 Å². The highest BCUT2D eigenvalue weighted by atomic mass is 19.1. The van der Waals surface area contributed by atoms with E-state index in [-0.39, 0.29) is 5.82 Å². The van der Waals surface area contributed by atoms with Gasteiger partial charge in [0.15, 0.2) is 0 Å². The van der Waals surface area contributed by atoms with E-state index in [0.29, 0.717) is 44.5 Å². The third-order valence-electron chi connectivity index (χ3n) is 4.76. The number of hydrogen-bond donors (Lipinski definition) is 2. The second-order valence-electron chi connectivity index (χ2n) is 6.25. The van der Waals surface area contributed by atoms with Gasteiger partial charge in [-0.15, -0.1) is 0 Å². The molecule has 4 nitrogen and oxygen atoms in total. The summed E-state index contributed by atoms with van der Waals surface area (Å²) in [6.45, 7) is 5.09. The number of likely N-dealkylation sites (tertiary alicyclic amines) is 1. The van der Waals surface area contributed by atoms with Crippen molar-refractivity contribution >= 4 is 5.97 Å². The molecule has 1 aliphatic rings. The average Bonchev–Trinajstić information content (AvgIpc) is 2.47. The molecule has 1 heterocycles. The van der Waals surface area contributed by atoms with Crippen LogP contribution in [0.3, 0.4) is 0 Å². The number of hydrogen-bond acceptors (Lipinski definition) is 3. The molecule has 2 rings (SSSR count). The smallest absolute Gasteiger partial charge is 0.313 e. The van der Waals surface area contributed by atoms with E-state index in [1.54, 1.807) is 13.0 Å². The molecule has 122 valence electrons. The molecular formula is C17H24FNO3. The van der Waals surface area contributed by atoms with Crippen molar-refractivity contribution in [1.29, 1.82) is 0 Å². The van der Waals surface area contributed by atoms with Crippen LogP contribution in [0, 0.1) is 18.2 Å². The summed E-state index contributed by atoms with van der Waals surface area (Å²) in [5.74, 6) is -1.19. The summed E-state index contributed by atoms with van der Waals surface area (Å²) < 4.78 is 13.6. The zero-order valence-electron chi connectivity index (χ0n) is 13.2. The number of carbonyl (C=O) groups is 1. The largest absolute Gasteiger partial charge is 0.481 e. The maximum absolute atomic E-state index is 13.6. The number of piperidine rings is 1. The van der Waals surface area contributed by atoms with Gasteiger partial charge >= 0.3 is 5.97 Å². The maximum Gasteiger partial charge on any atom is 0.313 e. The summed E-state index contributed by atoms with van der Waals surface area (Å²) in [6.07, 6.45) is 0.758. The van der Waals surface area contributed by atoms with Crippen LogP contribution in [0.2, 0.25) is 0 Å². The number of carboxylic acid groups (broad SMARTS) is 1. The van der Waals surface area contributed by atoms with E-state index in [9.17, 15) is 19.4 Å². The highest BCUT2D eigenvalue weighted by Crippen LogP contribution is 2.36. The van der Waals surface area contributed by atoms with Crippen LogP contribution < -0.4 is 0 Å². The number of carboxylic acids is 1. The van der Waals surface area contributed by atoms with Crippen LogP contribution in [0.5, 0.6) is 0 Å². The van der Waals surface area contributed by atoms with Gasteiger partial charge in [-0.25, -0.2) is 4.39 Å². The van der Waals surface area contributed by atoms with Gasteiger partial charge in [0.25, 0.3) is 0 Å². The van der Waals surface area contributed by atoms with Crippen LogP contribution >= 0.6 is 0 Å². The van der Waals surface area contributed by atoms with E-state index in [4.69, 9.17) is 0 Å². The Labute approximate surface area is 130 Å². The van der Waals surface area contributed by atoms with Gasteiger partial charge in [-0.05, 0) is 37.0 Å². The molecule has 0 unspecified atom stereocenters. The molecule has 0 spiro atoms. The lowest BCUT2D eigenvalue weighted by Crippen LogP contribution is -2.55. The van der Waals surface area contributed by atoms with E-state index >= 15 is 0 Å². The number of benzene rings is 1. The molecule has 0 aromatic heterocycles. The average molecular weight is 309 g/mol. The standard InChI is InChI=1S/C17H24FNO3/c1-3-8-17(16(21)22)11-19(9-7-15(17)20)10-13-5-4-6-14(18)12(13)2/h4-6,15,20H,3,7-11H2,1-2H3,(H,21,22)/t15-,17+/m0/s1. The molecule has 0 radical (unpaired) electrons. The minimum atomic E-state index is -1.12. The predicted octanol–water partition coefficient (Wildman–Crippen LogP) is 2.57. The Morgan fingerprint density at radius 1 is 1.50 bits per heavy atom. The molecular weight excluding hydrogens is 285 g/mol. The zero-order valence-corrected chi connectivity index (χ0v) is 13.2. The van der Waals surface area contributed by atoms with Crippen LogP contribution in [0.25, 0.3) is 0 Å². The van der Waals surface area contributed by atoms with Crippen LogP contribution in [-0.2, 0) is 11.3 Å². The second-order valence-corrected chi connectivity index (χ2v) is 6.25. The van der Waals surface area contributed by atoms with Crippen molar-refractivity contribution in [3.05, 3.63) is 35.1 Å². The third-order valence-corrected chi connectivity index (χ3v) is 4.76. The van der Waals surface area contributed by atoms with Crippen molar-refractivity contribution in [3.8, 4) is 0 Å². The molecule has 1 aliphatic heterocycles. The topological polar surface area (TPSA) is 60.8 Å². The first-order valence-electron chi connectivity index (χ1n) is 7.78. The van der Waals surface area contributed by atoms with Crippen LogP contribution in [0.4, 0.5) is 4.39 Å². The predicted molar refractivity (Wildman–Crippen MR) is 82.0 cm³/mol.